The third-order valence-corrected chi connectivity index (χ3v) is 20.2. The van der Waals surface area contributed by atoms with E-state index < -0.39 is 12.1 Å². The maximum Gasteiger partial charge on any atom is 0.324 e. The Balaban J connectivity index is 3.41. The third kappa shape index (κ3) is 49.3. The molecule has 1 aliphatic heterocycles. The van der Waals surface area contributed by atoms with Crippen molar-refractivity contribution in [3.8, 4) is 0 Å². The molecule has 0 spiro atoms. The molecule has 0 aliphatic carbocycles. The number of carbonyl (C=O) groups excluding carboxylic acids is 4. The SMILES string of the molecule is CCCCCCCCC(CCCCCC)COC(=O)CC(C(=O)OCC(CCCCCC)CCCCCCCC)N(C)CN1CCCN(CN(C)C(CC(=O)OCC(CCCCCC)CCCCCCC)C(=O)OCC(CCCCCC)CCCCCCCC)CC1. The van der Waals surface area contributed by atoms with Crippen molar-refractivity contribution in [2.75, 3.05) is 80.0 Å². The van der Waals surface area contributed by atoms with Crippen LogP contribution in [0, 0.1) is 23.7 Å². The van der Waals surface area contributed by atoms with Gasteiger partial charge in [-0.2, -0.15) is 0 Å². The van der Waals surface area contributed by atoms with Gasteiger partial charge in [-0.1, -0.05) is 306 Å². The van der Waals surface area contributed by atoms with Gasteiger partial charge in [-0.25, -0.2) is 0 Å². The Hall–Kier alpha value is -2.28. The maximum absolute atomic E-state index is 14.6. The number of ether oxygens (including phenoxy) is 4. The summed E-state index contributed by atoms with van der Waals surface area (Å²) in [5, 5.41) is 0. The van der Waals surface area contributed by atoms with Crippen LogP contribution in [0.3, 0.4) is 0 Å². The molecular formula is C80H156N4O8. The smallest absolute Gasteiger partial charge is 0.324 e. The lowest BCUT2D eigenvalue weighted by molar-refractivity contribution is -0.158. The zero-order chi connectivity index (χ0) is 67.3. The predicted octanol–water partition coefficient (Wildman–Crippen LogP) is 21.4. The van der Waals surface area contributed by atoms with Gasteiger partial charge in [0.2, 0.25) is 0 Å². The molecule has 0 saturated carbocycles. The van der Waals surface area contributed by atoms with Crippen LogP contribution in [0.5, 0.6) is 0 Å². The molecule has 6 unspecified atom stereocenters. The minimum Gasteiger partial charge on any atom is -0.465 e. The Labute approximate surface area is 571 Å². The van der Waals surface area contributed by atoms with Crippen molar-refractivity contribution in [3.05, 3.63) is 0 Å². The van der Waals surface area contributed by atoms with Gasteiger partial charge in [0.25, 0.3) is 0 Å². The minimum atomic E-state index is -0.764. The summed E-state index contributed by atoms with van der Waals surface area (Å²) in [5.41, 5.74) is 0. The third-order valence-electron chi connectivity index (χ3n) is 20.2. The Morgan fingerprint density at radius 1 is 0.293 bits per heavy atom. The zero-order valence-corrected chi connectivity index (χ0v) is 62.9. The Morgan fingerprint density at radius 3 is 0.739 bits per heavy atom. The number of rotatable bonds is 67. The molecule has 1 saturated heterocycles. The van der Waals surface area contributed by atoms with E-state index in [1.807, 2.05) is 23.9 Å². The normalized spacial score (nSPS) is 15.3. The summed E-state index contributed by atoms with van der Waals surface area (Å²) in [4.78, 5) is 66.2. The van der Waals surface area contributed by atoms with Crippen molar-refractivity contribution >= 4 is 23.9 Å². The van der Waals surface area contributed by atoms with Crippen molar-refractivity contribution < 1.29 is 38.1 Å². The highest BCUT2D eigenvalue weighted by molar-refractivity contribution is 5.83. The van der Waals surface area contributed by atoms with Gasteiger partial charge < -0.3 is 18.9 Å². The molecule has 0 amide bonds. The van der Waals surface area contributed by atoms with Crippen LogP contribution in [0.1, 0.15) is 376 Å². The van der Waals surface area contributed by atoms with Crippen molar-refractivity contribution in [1.29, 1.82) is 0 Å². The van der Waals surface area contributed by atoms with Gasteiger partial charge in [0.1, 0.15) is 12.1 Å². The van der Waals surface area contributed by atoms with E-state index in [4.69, 9.17) is 18.9 Å². The van der Waals surface area contributed by atoms with Crippen molar-refractivity contribution in [3.63, 3.8) is 0 Å². The van der Waals surface area contributed by atoms with E-state index in [9.17, 15) is 19.2 Å². The molecule has 1 aliphatic rings. The molecule has 1 fully saturated rings. The number of unbranched alkanes of at least 4 members (excludes halogenated alkanes) is 31. The highest BCUT2D eigenvalue weighted by atomic mass is 16.5. The predicted molar refractivity (Wildman–Crippen MR) is 390 cm³/mol. The van der Waals surface area contributed by atoms with Crippen LogP contribution in [0.25, 0.3) is 0 Å². The number of esters is 4. The molecule has 0 bridgehead atoms. The second kappa shape index (κ2) is 63.5. The molecule has 544 valence electrons. The first-order chi connectivity index (χ1) is 44.9. The fourth-order valence-electron chi connectivity index (χ4n) is 13.8. The van der Waals surface area contributed by atoms with Crippen LogP contribution in [-0.4, -0.2) is 136 Å². The molecule has 1 rings (SSSR count). The van der Waals surface area contributed by atoms with Crippen LogP contribution in [0.15, 0.2) is 0 Å². The van der Waals surface area contributed by atoms with Crippen LogP contribution >= 0.6 is 0 Å². The van der Waals surface area contributed by atoms with E-state index in [-0.39, 0.29) is 36.7 Å². The second-order valence-corrected chi connectivity index (χ2v) is 29.2. The van der Waals surface area contributed by atoms with Gasteiger partial charge in [0.15, 0.2) is 0 Å². The highest BCUT2D eigenvalue weighted by Crippen LogP contribution is 2.26. The van der Waals surface area contributed by atoms with Crippen LogP contribution in [-0.2, 0) is 38.1 Å². The van der Waals surface area contributed by atoms with Gasteiger partial charge >= 0.3 is 23.9 Å². The first kappa shape index (κ1) is 87.7. The Morgan fingerprint density at radius 2 is 0.500 bits per heavy atom. The van der Waals surface area contributed by atoms with E-state index in [2.05, 4.69) is 65.2 Å². The van der Waals surface area contributed by atoms with Crippen LogP contribution in [0.4, 0.5) is 0 Å². The van der Waals surface area contributed by atoms with Gasteiger partial charge in [0, 0.05) is 26.2 Å². The standard InChI is InChI=1S/C80H156N4O8/c1-11-19-27-35-39-47-56-72(52-43-32-24-16-6)66-90-78(86)64-76(80(88)92-68-74(54-45-34-26-18-8)58-49-41-37-29-21-13-3)82(10)70-84-60-50-59-83(61-62-84)69-81(9)75(63-77(85)89-65-71(51-42-31-23-15-5)55-46-38-30-22-14-4)79(87)91-67-73(53-44-33-25-17-7)57-48-40-36-28-20-12-2/h71-76H,11-70H2,1-10H3. The molecule has 0 N–H and O–H groups in total. The quantitative estimate of drug-likeness (QED) is 0.0328. The number of hydrogen-bond acceptors (Lipinski definition) is 12. The summed E-state index contributed by atoms with van der Waals surface area (Å²) < 4.78 is 25.1. The summed E-state index contributed by atoms with van der Waals surface area (Å²) in [6.07, 6.45) is 57.1. The molecule has 12 heteroatoms. The highest BCUT2D eigenvalue weighted by Gasteiger charge is 2.34. The topological polar surface area (TPSA) is 118 Å². The molecule has 92 heavy (non-hydrogen) atoms. The lowest BCUT2D eigenvalue weighted by Crippen LogP contribution is -2.49. The lowest BCUT2D eigenvalue weighted by atomic mass is 9.95. The van der Waals surface area contributed by atoms with E-state index in [1.165, 1.54) is 205 Å². The van der Waals surface area contributed by atoms with Gasteiger partial charge in [-0.3, -0.25) is 38.8 Å². The number of nitrogens with zero attached hydrogens (tertiary/aromatic N) is 4. The van der Waals surface area contributed by atoms with Gasteiger partial charge in [-0.15, -0.1) is 0 Å². The second-order valence-electron chi connectivity index (χ2n) is 29.2. The lowest BCUT2D eigenvalue weighted by Gasteiger charge is -2.33. The molecular weight excluding hydrogens is 1140 g/mol. The fourth-order valence-corrected chi connectivity index (χ4v) is 13.8. The molecule has 0 aromatic rings. The van der Waals surface area contributed by atoms with E-state index in [0.29, 0.717) is 63.4 Å². The summed E-state index contributed by atoms with van der Waals surface area (Å²) in [6, 6.07) is -1.53. The monoisotopic (exact) mass is 1300 g/mol. The van der Waals surface area contributed by atoms with Crippen molar-refractivity contribution in [1.82, 2.24) is 19.6 Å². The number of carbonyl (C=O) groups is 4. The van der Waals surface area contributed by atoms with E-state index in [0.717, 1.165) is 129 Å². The molecule has 12 nitrogen and oxygen atoms in total. The zero-order valence-electron chi connectivity index (χ0n) is 62.9. The summed E-state index contributed by atoms with van der Waals surface area (Å²) >= 11 is 0. The largest absolute Gasteiger partial charge is 0.465 e. The van der Waals surface area contributed by atoms with Gasteiger partial charge in [0.05, 0.1) is 52.6 Å². The van der Waals surface area contributed by atoms with Crippen LogP contribution < -0.4 is 0 Å². The Bertz CT molecular complexity index is 1670. The van der Waals surface area contributed by atoms with Crippen LogP contribution in [0.2, 0.25) is 0 Å². The first-order valence-corrected chi connectivity index (χ1v) is 40.4. The summed E-state index contributed by atoms with van der Waals surface area (Å²) in [7, 11) is 3.95. The molecule has 0 radical (unpaired) electrons. The average molecular weight is 1300 g/mol. The minimum absolute atomic E-state index is 0.0322. The van der Waals surface area contributed by atoms with Crippen molar-refractivity contribution in [2.24, 2.45) is 23.7 Å². The molecule has 0 aromatic heterocycles. The first-order valence-electron chi connectivity index (χ1n) is 40.4. The molecule has 1 heterocycles. The average Bonchev–Trinajstić information content (AvgIpc) is 2.38. The molecule has 0 aromatic carbocycles. The number of hydrogen-bond donors (Lipinski definition) is 0. The summed E-state index contributed by atoms with van der Waals surface area (Å²) in [6.45, 7) is 23.8. The van der Waals surface area contributed by atoms with E-state index >= 15 is 0 Å². The van der Waals surface area contributed by atoms with Crippen molar-refractivity contribution in [2.45, 2.75) is 389 Å². The molecule has 6 atom stereocenters. The van der Waals surface area contributed by atoms with E-state index in [1.54, 1.807) is 0 Å². The summed E-state index contributed by atoms with van der Waals surface area (Å²) in [5.74, 6) is 0.0358. The van der Waals surface area contributed by atoms with Gasteiger partial charge in [-0.05, 0) is 95.6 Å². The number of likely N-dealkylation sites (N-methyl/N-ethyl adjacent to an activating group) is 2. The maximum atomic E-state index is 14.6. The fraction of sp³-hybridized carbons (Fsp3) is 0.950. The Kier molecular flexibility index (Phi) is 60.5.